The number of carbonyl (C=O) groups excluding carboxylic acids is 1. The fourth-order valence-corrected chi connectivity index (χ4v) is 1.26. The second kappa shape index (κ2) is 4.06. The Bertz CT molecular complexity index is 391. The summed E-state index contributed by atoms with van der Waals surface area (Å²) in [4.78, 5) is 20.4. The van der Waals surface area contributed by atoms with Crippen molar-refractivity contribution < 1.29 is 14.5 Å². The summed E-state index contributed by atoms with van der Waals surface area (Å²) in [5, 5.41) is 10.4. The fraction of sp³-hybridized carbons (Fsp3) is 0.125. The molecule has 1 rings (SSSR count). The standard InChI is InChI=1S/C8H6ClNO4/c1-14-6-3-2-5(4-11)7(9)8(6)10(12)13/h2-4H,1H3. The Morgan fingerprint density at radius 1 is 1.57 bits per heavy atom. The third kappa shape index (κ3) is 1.67. The Kier molecular flexibility index (Phi) is 3.03. The van der Waals surface area contributed by atoms with Gasteiger partial charge in [-0.15, -0.1) is 0 Å². The molecule has 0 fully saturated rings. The lowest BCUT2D eigenvalue weighted by molar-refractivity contribution is -0.385. The minimum Gasteiger partial charge on any atom is -0.490 e. The molecule has 5 nitrogen and oxygen atoms in total. The maximum Gasteiger partial charge on any atom is 0.330 e. The summed E-state index contributed by atoms with van der Waals surface area (Å²) < 4.78 is 4.74. The third-order valence-corrected chi connectivity index (χ3v) is 2.04. The zero-order valence-corrected chi connectivity index (χ0v) is 7.95. The SMILES string of the molecule is COc1ccc(C=O)c(Cl)c1[N+](=O)[O-]. The van der Waals surface area contributed by atoms with E-state index in [1.165, 1.54) is 19.2 Å². The topological polar surface area (TPSA) is 69.4 Å². The molecule has 0 aliphatic heterocycles. The van der Waals surface area contributed by atoms with Crippen molar-refractivity contribution in [3.63, 3.8) is 0 Å². The molecule has 0 aliphatic rings. The number of methoxy groups -OCH3 is 1. The van der Waals surface area contributed by atoms with E-state index < -0.39 is 10.6 Å². The average molecular weight is 216 g/mol. The molecule has 0 saturated carbocycles. The molecule has 0 aliphatic carbocycles. The highest BCUT2D eigenvalue weighted by Crippen LogP contribution is 2.36. The minimum atomic E-state index is -0.686. The van der Waals surface area contributed by atoms with Crippen molar-refractivity contribution in [3.05, 3.63) is 32.8 Å². The fourth-order valence-electron chi connectivity index (χ4n) is 0.988. The third-order valence-electron chi connectivity index (χ3n) is 1.64. The molecule has 14 heavy (non-hydrogen) atoms. The molecular formula is C8H6ClNO4. The largest absolute Gasteiger partial charge is 0.490 e. The molecular weight excluding hydrogens is 210 g/mol. The number of halogens is 1. The van der Waals surface area contributed by atoms with E-state index in [0.717, 1.165) is 0 Å². The highest BCUT2D eigenvalue weighted by Gasteiger charge is 2.22. The Balaban J connectivity index is 3.46. The van der Waals surface area contributed by atoms with Crippen molar-refractivity contribution in [3.8, 4) is 5.75 Å². The van der Waals surface area contributed by atoms with Crippen LogP contribution < -0.4 is 4.74 Å². The zero-order chi connectivity index (χ0) is 10.7. The first-order valence-electron chi connectivity index (χ1n) is 3.58. The lowest BCUT2D eigenvalue weighted by atomic mass is 10.2. The van der Waals surface area contributed by atoms with E-state index in [4.69, 9.17) is 16.3 Å². The highest BCUT2D eigenvalue weighted by atomic mass is 35.5. The molecule has 0 saturated heterocycles. The van der Waals surface area contributed by atoms with Crippen LogP contribution in [0.5, 0.6) is 5.75 Å². The normalized spacial score (nSPS) is 9.57. The van der Waals surface area contributed by atoms with Crippen LogP contribution in [0.2, 0.25) is 5.02 Å². The van der Waals surface area contributed by atoms with Gasteiger partial charge in [0.1, 0.15) is 5.02 Å². The number of carbonyl (C=O) groups is 1. The van der Waals surface area contributed by atoms with Crippen molar-refractivity contribution in [2.45, 2.75) is 0 Å². The van der Waals surface area contributed by atoms with E-state index in [9.17, 15) is 14.9 Å². The van der Waals surface area contributed by atoms with Gasteiger partial charge in [-0.3, -0.25) is 14.9 Å². The molecule has 74 valence electrons. The van der Waals surface area contributed by atoms with Crippen LogP contribution in [0.4, 0.5) is 5.69 Å². The predicted molar refractivity (Wildman–Crippen MR) is 50.0 cm³/mol. The first-order valence-corrected chi connectivity index (χ1v) is 3.95. The molecule has 1 aromatic carbocycles. The van der Waals surface area contributed by atoms with Crippen LogP contribution in [0.3, 0.4) is 0 Å². The summed E-state index contributed by atoms with van der Waals surface area (Å²) in [5.41, 5.74) is -0.321. The quantitative estimate of drug-likeness (QED) is 0.440. The van der Waals surface area contributed by atoms with Crippen LogP contribution in [-0.2, 0) is 0 Å². The zero-order valence-electron chi connectivity index (χ0n) is 7.19. The van der Waals surface area contributed by atoms with E-state index in [1.54, 1.807) is 0 Å². The predicted octanol–water partition coefficient (Wildman–Crippen LogP) is 2.07. The number of benzene rings is 1. The van der Waals surface area contributed by atoms with Gasteiger partial charge in [0.05, 0.1) is 12.0 Å². The lowest BCUT2D eigenvalue weighted by Gasteiger charge is -2.03. The Labute approximate surface area is 84.4 Å². The smallest absolute Gasteiger partial charge is 0.330 e. The number of nitrogens with zero attached hydrogens (tertiary/aromatic N) is 1. The summed E-state index contributed by atoms with van der Waals surface area (Å²) in [6.07, 6.45) is 0.453. The van der Waals surface area contributed by atoms with Crippen LogP contribution in [0.1, 0.15) is 10.4 Å². The molecule has 0 spiro atoms. The summed E-state index contributed by atoms with van der Waals surface area (Å²) in [5.74, 6) is 0.0330. The van der Waals surface area contributed by atoms with Crippen LogP contribution in [0.25, 0.3) is 0 Å². The maximum atomic E-state index is 10.6. The summed E-state index contributed by atoms with van der Waals surface area (Å²) in [6.45, 7) is 0. The first kappa shape index (κ1) is 10.5. The lowest BCUT2D eigenvalue weighted by Crippen LogP contribution is -1.96. The van der Waals surface area contributed by atoms with Gasteiger partial charge >= 0.3 is 5.69 Å². The van der Waals surface area contributed by atoms with Crippen molar-refractivity contribution in [1.82, 2.24) is 0 Å². The summed E-state index contributed by atoms with van der Waals surface area (Å²) in [6, 6.07) is 2.69. The van der Waals surface area contributed by atoms with Crippen molar-refractivity contribution >= 4 is 23.6 Å². The van der Waals surface area contributed by atoms with Crippen molar-refractivity contribution in [1.29, 1.82) is 0 Å². The molecule has 0 heterocycles. The molecule has 0 atom stereocenters. The van der Waals surface area contributed by atoms with Gasteiger partial charge in [-0.25, -0.2) is 0 Å². The molecule has 0 unspecified atom stereocenters. The van der Waals surface area contributed by atoms with Crippen molar-refractivity contribution in [2.24, 2.45) is 0 Å². The Morgan fingerprint density at radius 2 is 2.21 bits per heavy atom. The van der Waals surface area contributed by atoms with Gasteiger partial charge < -0.3 is 4.74 Å². The van der Waals surface area contributed by atoms with E-state index >= 15 is 0 Å². The van der Waals surface area contributed by atoms with E-state index in [1.807, 2.05) is 0 Å². The number of nitro benzene ring substituents is 1. The number of ether oxygens (including phenoxy) is 1. The summed E-state index contributed by atoms with van der Waals surface area (Å²) in [7, 11) is 1.29. The molecule has 0 amide bonds. The van der Waals surface area contributed by atoms with Crippen LogP contribution in [-0.4, -0.2) is 18.3 Å². The number of aldehydes is 1. The number of hydrogen-bond donors (Lipinski definition) is 0. The van der Waals surface area contributed by atoms with E-state index in [2.05, 4.69) is 0 Å². The van der Waals surface area contributed by atoms with Gasteiger partial charge in [-0.05, 0) is 12.1 Å². The monoisotopic (exact) mass is 215 g/mol. The van der Waals surface area contributed by atoms with Gasteiger partial charge in [0.2, 0.25) is 0 Å². The molecule has 1 aromatic rings. The molecule has 0 bridgehead atoms. The first-order chi connectivity index (χ1) is 6.61. The minimum absolute atomic E-state index is 0.0330. The van der Waals surface area contributed by atoms with Crippen molar-refractivity contribution in [2.75, 3.05) is 7.11 Å². The Morgan fingerprint density at radius 3 is 2.64 bits per heavy atom. The van der Waals surface area contributed by atoms with E-state index in [-0.39, 0.29) is 16.3 Å². The second-order valence-corrected chi connectivity index (χ2v) is 2.77. The Hall–Kier alpha value is -1.62. The second-order valence-electron chi connectivity index (χ2n) is 2.39. The molecule has 0 radical (unpaired) electrons. The maximum absolute atomic E-state index is 10.6. The number of rotatable bonds is 3. The molecule has 0 aromatic heterocycles. The van der Waals surface area contributed by atoms with Crippen LogP contribution in [0.15, 0.2) is 12.1 Å². The van der Waals surface area contributed by atoms with Crippen LogP contribution >= 0.6 is 11.6 Å². The average Bonchev–Trinajstić information content (AvgIpc) is 2.16. The van der Waals surface area contributed by atoms with Crippen LogP contribution in [0, 0.1) is 10.1 Å². The summed E-state index contributed by atoms with van der Waals surface area (Å²) >= 11 is 5.63. The van der Waals surface area contributed by atoms with Gasteiger partial charge in [0.25, 0.3) is 0 Å². The van der Waals surface area contributed by atoms with Gasteiger partial charge in [0.15, 0.2) is 12.0 Å². The molecule has 6 heteroatoms. The highest BCUT2D eigenvalue weighted by molar-refractivity contribution is 6.35. The van der Waals surface area contributed by atoms with Gasteiger partial charge in [0, 0.05) is 5.56 Å². The number of nitro groups is 1. The molecule has 0 N–H and O–H groups in total. The van der Waals surface area contributed by atoms with Gasteiger partial charge in [-0.2, -0.15) is 0 Å². The van der Waals surface area contributed by atoms with Gasteiger partial charge in [-0.1, -0.05) is 11.6 Å². The van der Waals surface area contributed by atoms with E-state index in [0.29, 0.717) is 6.29 Å². The number of hydrogen-bond acceptors (Lipinski definition) is 4.